The summed E-state index contributed by atoms with van der Waals surface area (Å²) in [5, 5.41) is 3.44. The van der Waals surface area contributed by atoms with E-state index in [0.717, 1.165) is 28.3 Å². The number of nitrogens with zero attached hydrogens (tertiary/aromatic N) is 1. The summed E-state index contributed by atoms with van der Waals surface area (Å²) in [4.78, 5) is 2.41. The van der Waals surface area contributed by atoms with Crippen LogP contribution in [0, 0.1) is 5.92 Å². The van der Waals surface area contributed by atoms with Crippen LogP contribution >= 0.6 is 15.9 Å². The number of hydrogen-bond acceptors (Lipinski definition) is 3. The zero-order valence-corrected chi connectivity index (χ0v) is 12.5. The Hall–Kier alpha value is -0.740. The second-order valence-corrected chi connectivity index (χ2v) is 6.11. The van der Waals surface area contributed by atoms with Gasteiger partial charge >= 0.3 is 0 Å². The smallest absolute Gasteiger partial charge is 0.0574 e. The average Bonchev–Trinajstić information content (AvgIpc) is 2.34. The van der Waals surface area contributed by atoms with Gasteiger partial charge in [-0.15, -0.1) is 0 Å². The van der Waals surface area contributed by atoms with Crippen molar-refractivity contribution < 1.29 is 0 Å². The largest absolute Gasteiger partial charge is 0.397 e. The molecule has 0 atom stereocenters. The van der Waals surface area contributed by atoms with Crippen LogP contribution in [-0.4, -0.2) is 31.6 Å². The molecule has 3 nitrogen and oxygen atoms in total. The molecular weight excluding hydrogens is 290 g/mol. The molecule has 1 saturated heterocycles. The van der Waals surface area contributed by atoms with Gasteiger partial charge in [0.1, 0.15) is 0 Å². The highest BCUT2D eigenvalue weighted by molar-refractivity contribution is 9.10. The molecule has 1 heterocycles. The number of nitrogen functional groups attached to an aromatic ring is 1. The highest BCUT2D eigenvalue weighted by atomic mass is 79.9. The first-order valence-electron chi connectivity index (χ1n) is 6.62. The average molecular weight is 312 g/mol. The lowest BCUT2D eigenvalue weighted by Gasteiger charge is -2.29. The number of hydrogen-bond donors (Lipinski definition) is 2. The molecule has 1 aliphatic heterocycles. The fourth-order valence-electron chi connectivity index (χ4n) is 2.46. The molecule has 0 bridgehead atoms. The third-order valence-corrected chi connectivity index (χ3v) is 4.21. The zero-order chi connectivity index (χ0) is 13.0. The van der Waals surface area contributed by atoms with Gasteiger partial charge in [0.25, 0.3) is 0 Å². The molecule has 0 unspecified atom stereocenters. The molecule has 1 aromatic carbocycles. The Bertz CT molecular complexity index is 387. The Kier molecular flexibility index (Phi) is 4.89. The molecule has 1 fully saturated rings. The molecule has 0 aliphatic carbocycles. The summed E-state index contributed by atoms with van der Waals surface area (Å²) < 4.78 is 1.03. The number of anilines is 2. The highest BCUT2D eigenvalue weighted by Gasteiger charge is 2.15. The zero-order valence-electron chi connectivity index (χ0n) is 11.0. The molecule has 0 amide bonds. The van der Waals surface area contributed by atoms with Crippen molar-refractivity contribution in [3.63, 3.8) is 0 Å². The summed E-state index contributed by atoms with van der Waals surface area (Å²) in [7, 11) is 2.21. The number of rotatable bonds is 4. The van der Waals surface area contributed by atoms with Crippen LogP contribution in [0.5, 0.6) is 0 Å². The first kappa shape index (κ1) is 13.7. The third kappa shape index (κ3) is 3.89. The Morgan fingerprint density at radius 1 is 1.39 bits per heavy atom. The molecular formula is C14H22BrN3. The minimum atomic E-state index is 0.813. The van der Waals surface area contributed by atoms with E-state index in [-0.39, 0.29) is 0 Å². The van der Waals surface area contributed by atoms with Crippen molar-refractivity contribution >= 4 is 27.3 Å². The van der Waals surface area contributed by atoms with Crippen LogP contribution in [-0.2, 0) is 0 Å². The lowest BCUT2D eigenvalue weighted by molar-refractivity contribution is 0.215. The highest BCUT2D eigenvalue weighted by Crippen LogP contribution is 2.24. The van der Waals surface area contributed by atoms with Gasteiger partial charge in [-0.05, 0) is 63.5 Å². The maximum Gasteiger partial charge on any atom is 0.0574 e. The van der Waals surface area contributed by atoms with E-state index in [1.807, 2.05) is 18.2 Å². The summed E-state index contributed by atoms with van der Waals surface area (Å²) in [6.07, 6.45) is 3.89. The molecule has 2 rings (SSSR count). The van der Waals surface area contributed by atoms with E-state index in [4.69, 9.17) is 5.73 Å². The number of likely N-dealkylation sites (tertiary alicyclic amines) is 1. The van der Waals surface area contributed by atoms with Crippen molar-refractivity contribution in [1.29, 1.82) is 0 Å². The minimum Gasteiger partial charge on any atom is -0.397 e. The van der Waals surface area contributed by atoms with Crippen molar-refractivity contribution in [1.82, 2.24) is 4.90 Å². The van der Waals surface area contributed by atoms with Crippen LogP contribution in [0.2, 0.25) is 0 Å². The molecule has 100 valence electrons. The third-order valence-electron chi connectivity index (χ3n) is 3.72. The Morgan fingerprint density at radius 3 is 2.78 bits per heavy atom. The van der Waals surface area contributed by atoms with Gasteiger partial charge in [0.15, 0.2) is 0 Å². The lowest BCUT2D eigenvalue weighted by atomic mass is 9.94. The summed E-state index contributed by atoms with van der Waals surface area (Å²) in [6.45, 7) is 3.50. The SMILES string of the molecule is CN1CCC(CCNc2ccc(Br)cc2N)CC1. The molecule has 4 heteroatoms. The van der Waals surface area contributed by atoms with Crippen molar-refractivity contribution in [3.05, 3.63) is 22.7 Å². The normalized spacial score (nSPS) is 17.9. The molecule has 18 heavy (non-hydrogen) atoms. The van der Waals surface area contributed by atoms with Crippen LogP contribution in [0.25, 0.3) is 0 Å². The van der Waals surface area contributed by atoms with Crippen LogP contribution in [0.3, 0.4) is 0 Å². The molecule has 0 spiro atoms. The first-order valence-corrected chi connectivity index (χ1v) is 7.42. The summed E-state index contributed by atoms with van der Waals surface area (Å²) in [5.74, 6) is 0.866. The van der Waals surface area contributed by atoms with Crippen molar-refractivity contribution in [2.75, 3.05) is 37.7 Å². The number of benzene rings is 1. The van der Waals surface area contributed by atoms with E-state index in [9.17, 15) is 0 Å². The fourth-order valence-corrected chi connectivity index (χ4v) is 2.84. The monoisotopic (exact) mass is 311 g/mol. The molecule has 1 aromatic rings. The van der Waals surface area contributed by atoms with Gasteiger partial charge in [-0.2, -0.15) is 0 Å². The Morgan fingerprint density at radius 2 is 2.11 bits per heavy atom. The van der Waals surface area contributed by atoms with E-state index in [2.05, 4.69) is 33.2 Å². The van der Waals surface area contributed by atoms with Gasteiger partial charge in [-0.1, -0.05) is 15.9 Å². The summed E-state index contributed by atoms with van der Waals surface area (Å²) >= 11 is 3.42. The predicted octanol–water partition coefficient (Wildman–Crippen LogP) is 3.18. The van der Waals surface area contributed by atoms with Gasteiger partial charge in [-0.25, -0.2) is 0 Å². The lowest BCUT2D eigenvalue weighted by Crippen LogP contribution is -2.30. The van der Waals surface area contributed by atoms with Gasteiger partial charge in [0.2, 0.25) is 0 Å². The maximum absolute atomic E-state index is 5.96. The number of nitrogens with two attached hydrogens (primary N) is 1. The Labute approximate surface area is 118 Å². The summed E-state index contributed by atoms with van der Waals surface area (Å²) in [5.41, 5.74) is 7.82. The fraction of sp³-hybridized carbons (Fsp3) is 0.571. The minimum absolute atomic E-state index is 0.813. The molecule has 1 aliphatic rings. The predicted molar refractivity (Wildman–Crippen MR) is 81.9 cm³/mol. The van der Waals surface area contributed by atoms with Crippen molar-refractivity contribution in [2.24, 2.45) is 5.92 Å². The molecule has 3 N–H and O–H groups in total. The topological polar surface area (TPSA) is 41.3 Å². The number of nitrogens with one attached hydrogen (secondary N) is 1. The van der Waals surface area contributed by atoms with E-state index < -0.39 is 0 Å². The second-order valence-electron chi connectivity index (χ2n) is 5.19. The van der Waals surface area contributed by atoms with Gasteiger partial charge in [-0.3, -0.25) is 0 Å². The van der Waals surface area contributed by atoms with Crippen molar-refractivity contribution in [2.45, 2.75) is 19.3 Å². The Balaban J connectivity index is 1.75. The van der Waals surface area contributed by atoms with Gasteiger partial charge in [0.05, 0.1) is 11.4 Å². The maximum atomic E-state index is 5.96. The van der Waals surface area contributed by atoms with Crippen LogP contribution in [0.4, 0.5) is 11.4 Å². The van der Waals surface area contributed by atoms with Crippen LogP contribution < -0.4 is 11.1 Å². The van der Waals surface area contributed by atoms with Crippen molar-refractivity contribution in [3.8, 4) is 0 Å². The molecule has 0 saturated carbocycles. The molecule has 0 radical (unpaired) electrons. The van der Waals surface area contributed by atoms with E-state index in [0.29, 0.717) is 0 Å². The van der Waals surface area contributed by atoms with E-state index in [1.165, 1.54) is 32.4 Å². The summed E-state index contributed by atoms with van der Waals surface area (Å²) in [6, 6.07) is 6.00. The number of halogens is 1. The van der Waals surface area contributed by atoms with E-state index in [1.54, 1.807) is 0 Å². The quantitative estimate of drug-likeness (QED) is 0.839. The van der Waals surface area contributed by atoms with Gasteiger partial charge in [0, 0.05) is 11.0 Å². The molecule has 0 aromatic heterocycles. The van der Waals surface area contributed by atoms with Gasteiger partial charge < -0.3 is 16.0 Å². The standard InChI is InChI=1S/C14H22BrN3/c1-18-8-5-11(6-9-18)4-7-17-14-3-2-12(15)10-13(14)16/h2-3,10-11,17H,4-9,16H2,1H3. The van der Waals surface area contributed by atoms with Crippen LogP contribution in [0.15, 0.2) is 22.7 Å². The van der Waals surface area contributed by atoms with Crippen LogP contribution in [0.1, 0.15) is 19.3 Å². The second kappa shape index (κ2) is 6.43. The first-order chi connectivity index (χ1) is 8.65. The van der Waals surface area contributed by atoms with E-state index >= 15 is 0 Å². The number of piperidine rings is 1.